The minimum Gasteiger partial charge on any atom is -0.494 e. The Hall–Kier alpha value is -1.69. The van der Waals surface area contributed by atoms with Gasteiger partial charge in [-0.1, -0.05) is 21.7 Å². The van der Waals surface area contributed by atoms with Gasteiger partial charge in [0.25, 0.3) is 0 Å². The lowest BCUT2D eigenvalue weighted by Gasteiger charge is -2.09. The molecule has 2 aromatic rings. The number of hydrogen-bond donors (Lipinski definition) is 1. The van der Waals surface area contributed by atoms with Crippen molar-refractivity contribution in [1.29, 1.82) is 0 Å². The molecule has 0 saturated heterocycles. The highest BCUT2D eigenvalue weighted by Crippen LogP contribution is 2.19. The van der Waals surface area contributed by atoms with Gasteiger partial charge in [0.1, 0.15) is 5.75 Å². The summed E-state index contributed by atoms with van der Waals surface area (Å²) in [6.45, 7) is 5.43. The first-order chi connectivity index (χ1) is 8.29. The summed E-state index contributed by atoms with van der Waals surface area (Å²) in [5.41, 5.74) is 2.32. The van der Waals surface area contributed by atoms with Crippen molar-refractivity contribution in [3.05, 3.63) is 29.3 Å². The minimum atomic E-state index is 0.689. The molecule has 0 fully saturated rings. The van der Waals surface area contributed by atoms with Crippen LogP contribution in [0.15, 0.2) is 18.2 Å². The number of nitrogens with one attached hydrogen (secondary N) is 1. The fourth-order valence-corrected chi connectivity index (χ4v) is 1.88. The average molecular weight is 250 g/mol. The molecule has 0 atom stereocenters. The Kier molecular flexibility index (Phi) is 3.87. The lowest BCUT2D eigenvalue weighted by Crippen LogP contribution is -2.00. The van der Waals surface area contributed by atoms with Crippen molar-refractivity contribution < 1.29 is 4.74 Å². The van der Waals surface area contributed by atoms with Crippen molar-refractivity contribution in [2.75, 3.05) is 11.9 Å². The molecule has 0 aliphatic rings. The van der Waals surface area contributed by atoms with E-state index in [0.29, 0.717) is 13.2 Å². The Morgan fingerprint density at radius 1 is 1.41 bits per heavy atom. The van der Waals surface area contributed by atoms with Gasteiger partial charge in [0, 0.05) is 18.1 Å². The van der Waals surface area contributed by atoms with Gasteiger partial charge in [-0.25, -0.2) is 0 Å². The van der Waals surface area contributed by atoms with E-state index in [1.807, 2.05) is 26.0 Å². The molecule has 1 aromatic carbocycles. The highest BCUT2D eigenvalue weighted by Gasteiger charge is 2.02. The number of anilines is 1. The fraction of sp³-hybridized carbons (Fsp3) is 0.364. The quantitative estimate of drug-likeness (QED) is 0.882. The van der Waals surface area contributed by atoms with Crippen LogP contribution in [0.4, 0.5) is 5.13 Å². The zero-order valence-electron chi connectivity index (χ0n) is 9.80. The van der Waals surface area contributed by atoms with E-state index in [1.54, 1.807) is 0 Å². The van der Waals surface area contributed by atoms with Crippen LogP contribution in [0.1, 0.15) is 18.1 Å². The molecule has 1 heterocycles. The van der Waals surface area contributed by atoms with E-state index in [0.717, 1.165) is 16.4 Å². The third-order valence-electron chi connectivity index (χ3n) is 2.28. The Bertz CT molecular complexity index is 472. The smallest absolute Gasteiger partial charge is 0.225 e. The Morgan fingerprint density at radius 3 is 2.94 bits per heavy atom. The number of rotatable bonds is 5. The maximum absolute atomic E-state index is 5.49. The topological polar surface area (TPSA) is 59.9 Å². The van der Waals surface area contributed by atoms with Crippen molar-refractivity contribution in [3.8, 4) is 5.75 Å². The second-order valence-corrected chi connectivity index (χ2v) is 4.29. The van der Waals surface area contributed by atoms with Gasteiger partial charge in [-0.15, -0.1) is 0 Å². The number of nitrogens with zero attached hydrogens (tertiary/aromatic N) is 3. The van der Waals surface area contributed by atoms with E-state index in [1.165, 1.54) is 17.1 Å². The second kappa shape index (κ2) is 5.58. The van der Waals surface area contributed by atoms with Gasteiger partial charge in [-0.05, 0) is 36.3 Å². The fourth-order valence-electron chi connectivity index (χ4n) is 1.52. The summed E-state index contributed by atoms with van der Waals surface area (Å²) in [5.74, 6) is 0.939. The van der Waals surface area contributed by atoms with Crippen molar-refractivity contribution in [3.63, 3.8) is 0 Å². The van der Waals surface area contributed by atoms with Gasteiger partial charge >= 0.3 is 0 Å². The molecular formula is C11H14N4OS. The SMILES string of the molecule is CCOc1ccc(CNc2nnns2)cc1C. The maximum atomic E-state index is 5.49. The summed E-state index contributed by atoms with van der Waals surface area (Å²) in [6, 6.07) is 6.14. The standard InChI is InChI=1S/C11H14N4OS/c1-3-16-10-5-4-9(6-8(10)2)7-12-11-13-14-15-17-11/h4-6H,3,7H2,1-2H3,(H,12,13,15). The van der Waals surface area contributed by atoms with Crippen LogP contribution in [0.3, 0.4) is 0 Å². The van der Waals surface area contributed by atoms with Crippen LogP contribution in [0.5, 0.6) is 5.75 Å². The third kappa shape index (κ3) is 3.13. The molecule has 0 aliphatic carbocycles. The minimum absolute atomic E-state index is 0.689. The predicted molar refractivity (Wildman–Crippen MR) is 67.4 cm³/mol. The summed E-state index contributed by atoms with van der Waals surface area (Å²) < 4.78 is 9.18. The number of ether oxygens (including phenoxy) is 1. The Morgan fingerprint density at radius 2 is 2.29 bits per heavy atom. The summed E-state index contributed by atoms with van der Waals surface area (Å²) in [7, 11) is 0. The first-order valence-corrected chi connectivity index (χ1v) is 6.18. The highest BCUT2D eigenvalue weighted by molar-refractivity contribution is 7.09. The largest absolute Gasteiger partial charge is 0.494 e. The first-order valence-electron chi connectivity index (χ1n) is 5.41. The molecule has 5 nitrogen and oxygen atoms in total. The van der Waals surface area contributed by atoms with Gasteiger partial charge in [0.2, 0.25) is 5.13 Å². The second-order valence-electron chi connectivity index (χ2n) is 3.55. The van der Waals surface area contributed by atoms with E-state index in [-0.39, 0.29) is 0 Å². The molecule has 1 aromatic heterocycles. The molecule has 0 amide bonds. The molecule has 2 rings (SSSR count). The van der Waals surface area contributed by atoms with Crippen molar-refractivity contribution in [1.82, 2.24) is 14.8 Å². The molecule has 0 bridgehead atoms. The van der Waals surface area contributed by atoms with Crippen molar-refractivity contribution >= 4 is 16.7 Å². The van der Waals surface area contributed by atoms with Gasteiger partial charge in [-0.3, -0.25) is 0 Å². The monoisotopic (exact) mass is 250 g/mol. The highest BCUT2D eigenvalue weighted by atomic mass is 32.1. The Balaban J connectivity index is 2.00. The van der Waals surface area contributed by atoms with Crippen LogP contribution < -0.4 is 10.1 Å². The van der Waals surface area contributed by atoms with Gasteiger partial charge in [-0.2, -0.15) is 0 Å². The van der Waals surface area contributed by atoms with E-state index < -0.39 is 0 Å². The molecule has 0 saturated carbocycles. The predicted octanol–water partition coefficient (Wildman–Crippen LogP) is 2.25. The number of aromatic nitrogens is 3. The molecule has 1 N–H and O–H groups in total. The number of aryl methyl sites for hydroxylation is 1. The molecular weight excluding hydrogens is 236 g/mol. The average Bonchev–Trinajstić information content (AvgIpc) is 2.83. The van der Waals surface area contributed by atoms with Crippen LogP contribution in [0.2, 0.25) is 0 Å². The normalized spacial score (nSPS) is 10.2. The molecule has 0 radical (unpaired) electrons. The lowest BCUT2D eigenvalue weighted by atomic mass is 10.1. The first kappa shape index (κ1) is 11.8. The Labute approximate surface area is 104 Å². The van der Waals surface area contributed by atoms with E-state index in [4.69, 9.17) is 4.74 Å². The van der Waals surface area contributed by atoms with Gasteiger partial charge < -0.3 is 10.1 Å². The molecule has 90 valence electrons. The van der Waals surface area contributed by atoms with Crippen molar-refractivity contribution in [2.24, 2.45) is 0 Å². The molecule has 17 heavy (non-hydrogen) atoms. The van der Waals surface area contributed by atoms with Gasteiger partial charge in [0.05, 0.1) is 6.61 Å². The van der Waals surface area contributed by atoms with Crippen LogP contribution >= 0.6 is 11.5 Å². The van der Waals surface area contributed by atoms with Crippen LogP contribution in [-0.2, 0) is 6.54 Å². The number of benzene rings is 1. The molecule has 0 spiro atoms. The molecule has 6 heteroatoms. The third-order valence-corrected chi connectivity index (χ3v) is 2.84. The summed E-state index contributed by atoms with van der Waals surface area (Å²) >= 11 is 1.25. The number of hydrogen-bond acceptors (Lipinski definition) is 6. The van der Waals surface area contributed by atoms with Gasteiger partial charge in [0.15, 0.2) is 0 Å². The van der Waals surface area contributed by atoms with Crippen LogP contribution in [0, 0.1) is 6.92 Å². The zero-order chi connectivity index (χ0) is 12.1. The lowest BCUT2D eigenvalue weighted by molar-refractivity contribution is 0.338. The summed E-state index contributed by atoms with van der Waals surface area (Å²) in [4.78, 5) is 0. The van der Waals surface area contributed by atoms with Crippen LogP contribution in [-0.4, -0.2) is 21.4 Å². The summed E-state index contributed by atoms with van der Waals surface area (Å²) in [5, 5.41) is 11.2. The van der Waals surface area contributed by atoms with E-state index in [9.17, 15) is 0 Å². The van der Waals surface area contributed by atoms with E-state index >= 15 is 0 Å². The van der Waals surface area contributed by atoms with Crippen LogP contribution in [0.25, 0.3) is 0 Å². The molecule has 0 unspecified atom stereocenters. The maximum Gasteiger partial charge on any atom is 0.225 e. The van der Waals surface area contributed by atoms with Crippen molar-refractivity contribution in [2.45, 2.75) is 20.4 Å². The summed E-state index contributed by atoms with van der Waals surface area (Å²) in [6.07, 6.45) is 0. The zero-order valence-corrected chi connectivity index (χ0v) is 10.6. The molecule has 0 aliphatic heterocycles. The van der Waals surface area contributed by atoms with E-state index in [2.05, 4.69) is 26.2 Å².